The fraction of sp³-hybridized carbons (Fsp3) is 0.571. The third kappa shape index (κ3) is 7.02. The van der Waals surface area contributed by atoms with Gasteiger partial charge in [0.05, 0.1) is 13.2 Å². The highest BCUT2D eigenvalue weighted by Crippen LogP contribution is 1.74. The van der Waals surface area contributed by atoms with Gasteiger partial charge in [0.1, 0.15) is 0 Å². The van der Waals surface area contributed by atoms with Gasteiger partial charge in [0.25, 0.3) is 5.91 Å². The SMILES string of the molecule is C/C=C/C(=O)NOCCOC. The Balaban J connectivity index is 3.17. The van der Waals surface area contributed by atoms with Crippen LogP contribution in [0.2, 0.25) is 0 Å². The highest BCUT2D eigenvalue weighted by molar-refractivity contribution is 5.86. The van der Waals surface area contributed by atoms with Crippen LogP contribution in [-0.2, 0) is 14.4 Å². The minimum atomic E-state index is -0.261. The zero-order valence-corrected chi connectivity index (χ0v) is 6.79. The van der Waals surface area contributed by atoms with Crippen molar-refractivity contribution in [3.05, 3.63) is 12.2 Å². The first-order chi connectivity index (χ1) is 5.31. The number of ether oxygens (including phenoxy) is 1. The summed E-state index contributed by atoms with van der Waals surface area (Å²) in [6.07, 6.45) is 3.02. The average Bonchev–Trinajstić information content (AvgIpc) is 1.99. The molecule has 4 nitrogen and oxygen atoms in total. The quantitative estimate of drug-likeness (QED) is 0.355. The summed E-state index contributed by atoms with van der Waals surface area (Å²) in [5.41, 5.74) is 2.21. The minimum Gasteiger partial charge on any atom is -0.382 e. The first-order valence-electron chi connectivity index (χ1n) is 3.34. The van der Waals surface area contributed by atoms with Crippen molar-refractivity contribution < 1.29 is 14.4 Å². The maximum atomic E-state index is 10.6. The second kappa shape index (κ2) is 7.24. The van der Waals surface area contributed by atoms with Gasteiger partial charge in [0.2, 0.25) is 0 Å². The van der Waals surface area contributed by atoms with Crippen molar-refractivity contribution in [3.63, 3.8) is 0 Å². The van der Waals surface area contributed by atoms with Gasteiger partial charge < -0.3 is 4.74 Å². The minimum absolute atomic E-state index is 0.261. The second-order valence-electron chi connectivity index (χ2n) is 1.81. The highest BCUT2D eigenvalue weighted by atomic mass is 16.7. The Labute approximate surface area is 66.1 Å². The normalized spacial score (nSPS) is 10.4. The summed E-state index contributed by atoms with van der Waals surface area (Å²) >= 11 is 0. The number of rotatable bonds is 5. The summed E-state index contributed by atoms with van der Waals surface area (Å²) in [4.78, 5) is 15.4. The maximum Gasteiger partial charge on any atom is 0.267 e. The summed E-state index contributed by atoms with van der Waals surface area (Å²) in [5.74, 6) is -0.261. The summed E-state index contributed by atoms with van der Waals surface area (Å²) < 4.78 is 4.69. The van der Waals surface area contributed by atoms with E-state index >= 15 is 0 Å². The number of hydroxylamine groups is 1. The van der Waals surface area contributed by atoms with Gasteiger partial charge in [-0.2, -0.15) is 0 Å². The molecule has 0 aliphatic heterocycles. The molecule has 0 unspecified atom stereocenters. The van der Waals surface area contributed by atoms with Crippen molar-refractivity contribution in [2.45, 2.75) is 6.92 Å². The number of carbonyl (C=O) groups is 1. The average molecular weight is 159 g/mol. The van der Waals surface area contributed by atoms with Crippen LogP contribution in [0.25, 0.3) is 0 Å². The predicted molar refractivity (Wildman–Crippen MR) is 40.8 cm³/mol. The number of methoxy groups -OCH3 is 1. The van der Waals surface area contributed by atoms with E-state index in [1.54, 1.807) is 20.1 Å². The molecule has 0 aromatic heterocycles. The van der Waals surface area contributed by atoms with Gasteiger partial charge in [-0.05, 0) is 6.92 Å². The molecule has 0 aromatic carbocycles. The molecule has 4 heteroatoms. The topological polar surface area (TPSA) is 47.6 Å². The fourth-order valence-corrected chi connectivity index (χ4v) is 0.433. The standard InChI is InChI=1S/C7H13NO3/c1-3-4-7(9)8-11-6-5-10-2/h3-4H,5-6H2,1-2H3,(H,8,9)/b4-3+. The van der Waals surface area contributed by atoms with Crippen LogP contribution in [0, 0.1) is 0 Å². The van der Waals surface area contributed by atoms with Crippen molar-refractivity contribution in [2.75, 3.05) is 20.3 Å². The highest BCUT2D eigenvalue weighted by Gasteiger charge is 1.91. The molecule has 0 bridgehead atoms. The van der Waals surface area contributed by atoms with Crippen LogP contribution in [0.1, 0.15) is 6.92 Å². The Morgan fingerprint density at radius 2 is 2.27 bits per heavy atom. The van der Waals surface area contributed by atoms with E-state index in [0.717, 1.165) is 0 Å². The molecule has 0 fully saturated rings. The van der Waals surface area contributed by atoms with Crippen molar-refractivity contribution in [3.8, 4) is 0 Å². The van der Waals surface area contributed by atoms with Crippen LogP contribution in [0.3, 0.4) is 0 Å². The van der Waals surface area contributed by atoms with Crippen molar-refractivity contribution in [1.82, 2.24) is 5.48 Å². The van der Waals surface area contributed by atoms with Crippen LogP contribution in [0.5, 0.6) is 0 Å². The zero-order chi connectivity index (χ0) is 8.53. The molecule has 1 amide bonds. The molecule has 0 saturated heterocycles. The molecule has 0 spiro atoms. The molecule has 0 aromatic rings. The fourth-order valence-electron chi connectivity index (χ4n) is 0.433. The number of nitrogens with one attached hydrogen (secondary N) is 1. The Kier molecular flexibility index (Phi) is 6.67. The molecule has 0 radical (unpaired) electrons. The van der Waals surface area contributed by atoms with Gasteiger partial charge in [-0.3, -0.25) is 9.63 Å². The molecule has 0 heterocycles. The molecule has 0 aliphatic rings. The van der Waals surface area contributed by atoms with E-state index in [9.17, 15) is 4.79 Å². The van der Waals surface area contributed by atoms with Gasteiger partial charge in [0, 0.05) is 13.2 Å². The molecule has 11 heavy (non-hydrogen) atoms. The van der Waals surface area contributed by atoms with E-state index in [0.29, 0.717) is 13.2 Å². The number of hydrogen-bond acceptors (Lipinski definition) is 3. The van der Waals surface area contributed by atoms with Crippen LogP contribution in [0.15, 0.2) is 12.2 Å². The third-order valence-electron chi connectivity index (χ3n) is 0.880. The van der Waals surface area contributed by atoms with E-state index in [1.807, 2.05) is 0 Å². The van der Waals surface area contributed by atoms with Crippen LogP contribution in [-0.4, -0.2) is 26.2 Å². The van der Waals surface area contributed by atoms with Crippen LogP contribution in [0.4, 0.5) is 0 Å². The maximum absolute atomic E-state index is 10.6. The van der Waals surface area contributed by atoms with Crippen molar-refractivity contribution in [2.24, 2.45) is 0 Å². The Bertz CT molecular complexity index is 134. The van der Waals surface area contributed by atoms with E-state index < -0.39 is 0 Å². The lowest BCUT2D eigenvalue weighted by Crippen LogP contribution is -2.23. The van der Waals surface area contributed by atoms with E-state index in [4.69, 9.17) is 4.84 Å². The molecule has 0 atom stereocenters. The van der Waals surface area contributed by atoms with E-state index in [1.165, 1.54) is 6.08 Å². The van der Waals surface area contributed by atoms with Gasteiger partial charge in [-0.15, -0.1) is 0 Å². The smallest absolute Gasteiger partial charge is 0.267 e. The Morgan fingerprint density at radius 3 is 2.82 bits per heavy atom. The molecule has 0 saturated carbocycles. The van der Waals surface area contributed by atoms with E-state index in [2.05, 4.69) is 10.2 Å². The van der Waals surface area contributed by atoms with Gasteiger partial charge in [-0.1, -0.05) is 6.08 Å². The zero-order valence-electron chi connectivity index (χ0n) is 6.79. The summed E-state index contributed by atoms with van der Waals surface area (Å²) in [6, 6.07) is 0. The molecule has 0 aliphatic carbocycles. The number of amides is 1. The lowest BCUT2D eigenvalue weighted by molar-refractivity contribution is -0.129. The second-order valence-corrected chi connectivity index (χ2v) is 1.81. The largest absolute Gasteiger partial charge is 0.382 e. The lowest BCUT2D eigenvalue weighted by Gasteiger charge is -2.01. The Morgan fingerprint density at radius 1 is 1.55 bits per heavy atom. The molecule has 64 valence electrons. The van der Waals surface area contributed by atoms with E-state index in [-0.39, 0.29) is 5.91 Å². The summed E-state index contributed by atoms with van der Waals surface area (Å²) in [7, 11) is 1.57. The summed E-state index contributed by atoms with van der Waals surface area (Å²) in [5, 5.41) is 0. The number of allylic oxidation sites excluding steroid dienone is 1. The third-order valence-corrected chi connectivity index (χ3v) is 0.880. The van der Waals surface area contributed by atoms with Crippen LogP contribution >= 0.6 is 0 Å². The monoisotopic (exact) mass is 159 g/mol. The molecule has 0 rings (SSSR count). The first kappa shape index (κ1) is 10.1. The van der Waals surface area contributed by atoms with Gasteiger partial charge >= 0.3 is 0 Å². The number of hydrogen-bond donors (Lipinski definition) is 1. The van der Waals surface area contributed by atoms with Crippen molar-refractivity contribution >= 4 is 5.91 Å². The lowest BCUT2D eigenvalue weighted by atomic mass is 10.5. The summed E-state index contributed by atoms with van der Waals surface area (Å²) in [6.45, 7) is 2.59. The Hall–Kier alpha value is -0.870. The predicted octanol–water partition coefficient (Wildman–Crippen LogP) is 0.257. The number of carbonyl (C=O) groups excluding carboxylic acids is 1. The van der Waals surface area contributed by atoms with Crippen LogP contribution < -0.4 is 5.48 Å². The van der Waals surface area contributed by atoms with Gasteiger partial charge in [0.15, 0.2) is 0 Å². The van der Waals surface area contributed by atoms with Gasteiger partial charge in [-0.25, -0.2) is 5.48 Å². The molecular formula is C7H13NO3. The van der Waals surface area contributed by atoms with Crippen molar-refractivity contribution in [1.29, 1.82) is 0 Å². The first-order valence-corrected chi connectivity index (χ1v) is 3.34. The molecule has 1 N–H and O–H groups in total. The molecular weight excluding hydrogens is 146 g/mol.